The Balaban J connectivity index is 1.84. The van der Waals surface area contributed by atoms with Crippen LogP contribution in [0.3, 0.4) is 0 Å². The Labute approximate surface area is 137 Å². The molecule has 1 unspecified atom stereocenters. The number of ether oxygens (including phenoxy) is 1. The molecular formula is C14H18BrN5O2. The van der Waals surface area contributed by atoms with Crippen LogP contribution in [0, 0.1) is 0 Å². The third kappa shape index (κ3) is 2.68. The van der Waals surface area contributed by atoms with E-state index in [0.29, 0.717) is 29.9 Å². The van der Waals surface area contributed by atoms with E-state index in [1.165, 1.54) is 0 Å². The predicted octanol–water partition coefficient (Wildman–Crippen LogP) is 1.30. The topological polar surface area (TPSA) is 65.2 Å². The third-order valence-electron chi connectivity index (χ3n) is 3.86. The summed E-state index contributed by atoms with van der Waals surface area (Å²) in [5.41, 5.74) is 0.842. The van der Waals surface area contributed by atoms with Crippen LogP contribution in [-0.2, 0) is 24.4 Å². The van der Waals surface area contributed by atoms with Crippen molar-refractivity contribution in [3.63, 3.8) is 0 Å². The molecule has 0 aliphatic carbocycles. The summed E-state index contributed by atoms with van der Waals surface area (Å²) in [5.74, 6) is -0.0918. The highest BCUT2D eigenvalue weighted by Gasteiger charge is 2.37. The third-order valence-corrected chi connectivity index (χ3v) is 4.44. The molecule has 1 atom stereocenters. The van der Waals surface area contributed by atoms with E-state index in [2.05, 4.69) is 26.1 Å². The van der Waals surface area contributed by atoms with E-state index in [1.54, 1.807) is 33.7 Å². The summed E-state index contributed by atoms with van der Waals surface area (Å²) < 4.78 is 9.99. The van der Waals surface area contributed by atoms with E-state index in [1.807, 2.05) is 20.2 Å². The fourth-order valence-corrected chi connectivity index (χ4v) is 3.21. The van der Waals surface area contributed by atoms with Crippen LogP contribution in [-0.4, -0.2) is 50.1 Å². The molecule has 3 rings (SSSR count). The first-order valence-corrected chi connectivity index (χ1v) is 7.80. The molecule has 1 fully saturated rings. The van der Waals surface area contributed by atoms with Crippen molar-refractivity contribution in [1.29, 1.82) is 0 Å². The van der Waals surface area contributed by atoms with Crippen molar-refractivity contribution in [2.45, 2.75) is 12.5 Å². The number of hydrogen-bond donors (Lipinski definition) is 0. The zero-order valence-corrected chi connectivity index (χ0v) is 14.4. The Kier molecular flexibility index (Phi) is 3.82. The molecule has 0 N–H and O–H groups in total. The second-order valence-corrected chi connectivity index (χ2v) is 6.56. The Hall–Kier alpha value is -1.67. The smallest absolute Gasteiger partial charge is 0.275 e. The molecule has 1 amide bonds. The first kappa shape index (κ1) is 15.2. The minimum Gasteiger partial charge on any atom is -0.367 e. The van der Waals surface area contributed by atoms with E-state index in [4.69, 9.17) is 4.74 Å². The normalized spacial score (nSPS) is 22.1. The maximum absolute atomic E-state index is 12.7. The molecule has 2 aromatic heterocycles. The van der Waals surface area contributed by atoms with Gasteiger partial charge in [-0.15, -0.1) is 0 Å². The van der Waals surface area contributed by atoms with Gasteiger partial charge in [-0.3, -0.25) is 14.2 Å². The van der Waals surface area contributed by atoms with Gasteiger partial charge in [0.25, 0.3) is 5.91 Å². The summed E-state index contributed by atoms with van der Waals surface area (Å²) in [4.78, 5) is 14.5. The molecule has 7 nitrogen and oxygen atoms in total. The molecule has 1 aliphatic rings. The average Bonchev–Trinajstić information content (AvgIpc) is 3.04. The SMILES string of the molecule is Cn1cc(C2(C)CN(C(=O)c3nn(C)cc3Br)CCO2)cn1. The molecule has 0 bridgehead atoms. The van der Waals surface area contributed by atoms with E-state index in [9.17, 15) is 4.79 Å². The van der Waals surface area contributed by atoms with Crippen molar-refractivity contribution in [2.24, 2.45) is 14.1 Å². The van der Waals surface area contributed by atoms with Crippen LogP contribution < -0.4 is 0 Å². The van der Waals surface area contributed by atoms with Crippen LogP contribution >= 0.6 is 15.9 Å². The molecule has 118 valence electrons. The first-order chi connectivity index (χ1) is 10.4. The lowest BCUT2D eigenvalue weighted by Crippen LogP contribution is -2.50. The van der Waals surface area contributed by atoms with Crippen LogP contribution in [0.4, 0.5) is 0 Å². The fraction of sp³-hybridized carbons (Fsp3) is 0.500. The fourth-order valence-electron chi connectivity index (χ4n) is 2.67. The molecule has 2 aromatic rings. The second-order valence-electron chi connectivity index (χ2n) is 5.71. The number of halogens is 1. The lowest BCUT2D eigenvalue weighted by atomic mass is 9.97. The van der Waals surface area contributed by atoms with Gasteiger partial charge in [0.05, 0.1) is 23.8 Å². The molecule has 22 heavy (non-hydrogen) atoms. The van der Waals surface area contributed by atoms with Crippen molar-refractivity contribution in [3.8, 4) is 0 Å². The average molecular weight is 368 g/mol. The molecule has 0 radical (unpaired) electrons. The predicted molar refractivity (Wildman–Crippen MR) is 83.3 cm³/mol. The number of morpholine rings is 1. The lowest BCUT2D eigenvalue weighted by Gasteiger charge is -2.39. The van der Waals surface area contributed by atoms with Gasteiger partial charge in [0.1, 0.15) is 5.60 Å². The van der Waals surface area contributed by atoms with Crippen molar-refractivity contribution in [3.05, 3.63) is 34.3 Å². The number of amides is 1. The number of aryl methyl sites for hydroxylation is 2. The number of carbonyl (C=O) groups is 1. The van der Waals surface area contributed by atoms with Gasteiger partial charge in [-0.2, -0.15) is 10.2 Å². The first-order valence-electron chi connectivity index (χ1n) is 7.00. The van der Waals surface area contributed by atoms with Crippen molar-refractivity contribution >= 4 is 21.8 Å². The monoisotopic (exact) mass is 367 g/mol. The van der Waals surface area contributed by atoms with Gasteiger partial charge < -0.3 is 9.64 Å². The van der Waals surface area contributed by atoms with Gasteiger partial charge in [-0.1, -0.05) is 0 Å². The van der Waals surface area contributed by atoms with E-state index in [0.717, 1.165) is 5.56 Å². The van der Waals surface area contributed by atoms with Gasteiger partial charge >= 0.3 is 0 Å². The summed E-state index contributed by atoms with van der Waals surface area (Å²) in [6.07, 6.45) is 5.48. The molecule has 3 heterocycles. The number of carbonyl (C=O) groups excluding carboxylic acids is 1. The minimum atomic E-state index is -0.552. The van der Waals surface area contributed by atoms with Crippen LogP contribution in [0.1, 0.15) is 23.0 Å². The van der Waals surface area contributed by atoms with Crippen LogP contribution in [0.2, 0.25) is 0 Å². The van der Waals surface area contributed by atoms with Crippen molar-refractivity contribution in [1.82, 2.24) is 24.5 Å². The van der Waals surface area contributed by atoms with E-state index < -0.39 is 5.60 Å². The van der Waals surface area contributed by atoms with Gasteiger partial charge in [-0.25, -0.2) is 0 Å². The maximum Gasteiger partial charge on any atom is 0.275 e. The summed E-state index contributed by atoms with van der Waals surface area (Å²) in [7, 11) is 3.66. The van der Waals surface area contributed by atoms with Crippen LogP contribution in [0.15, 0.2) is 23.1 Å². The van der Waals surface area contributed by atoms with E-state index in [-0.39, 0.29) is 5.91 Å². The molecule has 0 saturated carbocycles. The van der Waals surface area contributed by atoms with E-state index >= 15 is 0 Å². The second kappa shape index (κ2) is 5.51. The highest BCUT2D eigenvalue weighted by atomic mass is 79.9. The largest absolute Gasteiger partial charge is 0.367 e. The zero-order chi connectivity index (χ0) is 15.9. The number of nitrogens with zero attached hydrogens (tertiary/aromatic N) is 5. The van der Waals surface area contributed by atoms with Crippen molar-refractivity contribution in [2.75, 3.05) is 19.7 Å². The summed E-state index contributed by atoms with van der Waals surface area (Å²) >= 11 is 3.39. The maximum atomic E-state index is 12.7. The van der Waals surface area contributed by atoms with Gasteiger partial charge in [0.15, 0.2) is 5.69 Å². The summed E-state index contributed by atoms with van der Waals surface area (Å²) in [6.45, 7) is 3.50. The Morgan fingerprint density at radius 2 is 2.14 bits per heavy atom. The molecule has 0 aromatic carbocycles. The minimum absolute atomic E-state index is 0.0918. The summed E-state index contributed by atoms with van der Waals surface area (Å²) in [6, 6.07) is 0. The van der Waals surface area contributed by atoms with Gasteiger partial charge in [-0.05, 0) is 22.9 Å². The number of rotatable bonds is 2. The standard InChI is InChI=1S/C14H18BrN5O2/c1-14(10-6-16-18(2)7-10)9-20(4-5-22-14)13(21)12-11(15)8-19(3)17-12/h6-8H,4-5,9H2,1-3H3. The highest BCUT2D eigenvalue weighted by Crippen LogP contribution is 2.30. The molecular weight excluding hydrogens is 350 g/mol. The van der Waals surface area contributed by atoms with Crippen LogP contribution in [0.25, 0.3) is 0 Å². The molecule has 0 spiro atoms. The molecule has 1 aliphatic heterocycles. The zero-order valence-electron chi connectivity index (χ0n) is 12.8. The van der Waals surface area contributed by atoms with Gasteiger partial charge in [0.2, 0.25) is 0 Å². The number of hydrogen-bond acceptors (Lipinski definition) is 4. The van der Waals surface area contributed by atoms with Crippen LogP contribution in [0.5, 0.6) is 0 Å². The molecule has 1 saturated heterocycles. The highest BCUT2D eigenvalue weighted by molar-refractivity contribution is 9.10. The number of aromatic nitrogens is 4. The Morgan fingerprint density at radius 1 is 1.36 bits per heavy atom. The Morgan fingerprint density at radius 3 is 2.73 bits per heavy atom. The van der Waals surface area contributed by atoms with Crippen molar-refractivity contribution < 1.29 is 9.53 Å². The van der Waals surface area contributed by atoms with Gasteiger partial charge in [0, 0.05) is 38.6 Å². The molecule has 8 heteroatoms. The Bertz CT molecular complexity index is 710. The summed E-state index contributed by atoms with van der Waals surface area (Å²) in [5, 5.41) is 8.42. The lowest BCUT2D eigenvalue weighted by molar-refractivity contribution is -0.0932. The quantitative estimate of drug-likeness (QED) is 0.802.